The summed E-state index contributed by atoms with van der Waals surface area (Å²) in [4.78, 5) is 0. The Morgan fingerprint density at radius 1 is 1.45 bits per heavy atom. The Morgan fingerprint density at radius 3 is 2.00 bits per heavy atom. The van der Waals surface area contributed by atoms with E-state index >= 15 is 0 Å². The molecule has 0 spiro atoms. The Hall–Kier alpha value is -0.0500. The van der Waals surface area contributed by atoms with Crippen molar-refractivity contribution in [1.29, 1.82) is 0 Å². The topological polar surface area (TPSA) is 46.2 Å². The van der Waals surface area contributed by atoms with E-state index in [4.69, 9.17) is 10.8 Å². The number of aliphatic hydroxyl groups excluding tert-OH is 1. The van der Waals surface area contributed by atoms with Gasteiger partial charge in [0.05, 0.1) is 6.61 Å². The monoisotopic (exact) mass is 181 g/mol. The highest BCUT2D eigenvalue weighted by atomic mass is 35.5. The zero-order valence-electron chi connectivity index (χ0n) is 7.42. The molecule has 0 bridgehead atoms. The van der Waals surface area contributed by atoms with Crippen molar-refractivity contribution in [2.75, 3.05) is 13.2 Å². The molecule has 0 saturated heterocycles. The lowest BCUT2D eigenvalue weighted by molar-refractivity contribution is 0.342. The molecule has 0 aromatic heterocycles. The van der Waals surface area contributed by atoms with Crippen LogP contribution in [0.25, 0.3) is 0 Å². The SMILES string of the molecule is CC=CCO.CCCCN.Cl. The lowest BCUT2D eigenvalue weighted by Crippen LogP contribution is -1.95. The minimum atomic E-state index is 0. The lowest BCUT2D eigenvalue weighted by atomic mass is 10.3. The van der Waals surface area contributed by atoms with E-state index in [0.29, 0.717) is 0 Å². The van der Waals surface area contributed by atoms with Crippen molar-refractivity contribution in [1.82, 2.24) is 0 Å². The first-order valence-corrected chi connectivity index (χ1v) is 3.75. The van der Waals surface area contributed by atoms with Gasteiger partial charge in [0.15, 0.2) is 0 Å². The molecule has 0 amide bonds. The third kappa shape index (κ3) is 40.3. The molecule has 0 aliphatic carbocycles. The Bertz CT molecular complexity index is 65.1. The summed E-state index contributed by atoms with van der Waals surface area (Å²) in [5.74, 6) is 0. The minimum absolute atomic E-state index is 0. The van der Waals surface area contributed by atoms with Gasteiger partial charge in [-0.2, -0.15) is 0 Å². The largest absolute Gasteiger partial charge is 0.392 e. The summed E-state index contributed by atoms with van der Waals surface area (Å²) in [7, 11) is 0. The molecular formula is C8H20ClNO. The highest BCUT2D eigenvalue weighted by Gasteiger charge is 1.67. The number of aliphatic hydroxyl groups is 1. The molecule has 0 fully saturated rings. The highest BCUT2D eigenvalue weighted by Crippen LogP contribution is 1.77. The quantitative estimate of drug-likeness (QED) is 0.652. The second-order valence-electron chi connectivity index (χ2n) is 1.89. The summed E-state index contributed by atoms with van der Waals surface area (Å²) >= 11 is 0. The summed E-state index contributed by atoms with van der Waals surface area (Å²) < 4.78 is 0. The van der Waals surface area contributed by atoms with Crippen LogP contribution < -0.4 is 5.73 Å². The van der Waals surface area contributed by atoms with E-state index in [1.54, 1.807) is 12.2 Å². The molecule has 2 nitrogen and oxygen atoms in total. The van der Waals surface area contributed by atoms with Crippen molar-refractivity contribution >= 4 is 12.4 Å². The van der Waals surface area contributed by atoms with Crippen LogP contribution in [0.3, 0.4) is 0 Å². The Labute approximate surface area is 75.9 Å². The molecule has 0 unspecified atom stereocenters. The molecular weight excluding hydrogens is 162 g/mol. The molecule has 0 rings (SSSR count). The Kier molecular flexibility index (Phi) is 35.1. The van der Waals surface area contributed by atoms with E-state index in [0.717, 1.165) is 6.54 Å². The van der Waals surface area contributed by atoms with Gasteiger partial charge in [-0.05, 0) is 19.9 Å². The molecule has 0 aliphatic rings. The Balaban J connectivity index is -0.000000107. The average Bonchev–Trinajstić information content (AvgIpc) is 1.93. The van der Waals surface area contributed by atoms with E-state index in [1.807, 2.05) is 6.92 Å². The van der Waals surface area contributed by atoms with Crippen molar-refractivity contribution in [3.63, 3.8) is 0 Å². The van der Waals surface area contributed by atoms with Crippen LogP contribution in [0.15, 0.2) is 12.2 Å². The minimum Gasteiger partial charge on any atom is -0.392 e. The number of rotatable bonds is 3. The standard InChI is InChI=1S/C4H11N.C4H8O.ClH/c2*1-2-3-4-5;/h2-5H2,1H3;2-3,5H,4H2,1H3;1H. The number of halogens is 1. The van der Waals surface area contributed by atoms with Gasteiger partial charge in [0.25, 0.3) is 0 Å². The molecule has 0 radical (unpaired) electrons. The first kappa shape index (κ1) is 17.2. The fourth-order valence-corrected chi connectivity index (χ4v) is 0.310. The predicted octanol–water partition coefficient (Wildman–Crippen LogP) is 1.72. The third-order valence-corrected chi connectivity index (χ3v) is 0.899. The van der Waals surface area contributed by atoms with Gasteiger partial charge in [-0.15, -0.1) is 12.4 Å². The molecule has 11 heavy (non-hydrogen) atoms. The van der Waals surface area contributed by atoms with Gasteiger partial charge >= 0.3 is 0 Å². The average molecular weight is 182 g/mol. The van der Waals surface area contributed by atoms with Crippen molar-refractivity contribution in [3.8, 4) is 0 Å². The van der Waals surface area contributed by atoms with Gasteiger partial charge in [0.1, 0.15) is 0 Å². The maximum atomic E-state index is 7.98. The van der Waals surface area contributed by atoms with Gasteiger partial charge in [0, 0.05) is 0 Å². The number of nitrogens with two attached hydrogens (primary N) is 1. The van der Waals surface area contributed by atoms with Crippen molar-refractivity contribution in [2.45, 2.75) is 26.7 Å². The summed E-state index contributed by atoms with van der Waals surface area (Å²) in [6.45, 7) is 5.01. The second kappa shape index (κ2) is 22.5. The number of unbranched alkanes of at least 4 members (excludes halogenated alkanes) is 1. The number of allylic oxidation sites excluding steroid dienone is 1. The van der Waals surface area contributed by atoms with Gasteiger partial charge < -0.3 is 10.8 Å². The lowest BCUT2D eigenvalue weighted by Gasteiger charge is -1.80. The van der Waals surface area contributed by atoms with Crippen LogP contribution in [0, 0.1) is 0 Å². The van der Waals surface area contributed by atoms with E-state index < -0.39 is 0 Å². The highest BCUT2D eigenvalue weighted by molar-refractivity contribution is 5.85. The molecule has 0 aromatic rings. The molecule has 0 aliphatic heterocycles. The maximum Gasteiger partial charge on any atom is 0.0612 e. The van der Waals surface area contributed by atoms with Crippen LogP contribution in [-0.2, 0) is 0 Å². The van der Waals surface area contributed by atoms with Gasteiger partial charge in [-0.1, -0.05) is 25.5 Å². The van der Waals surface area contributed by atoms with Crippen LogP contribution >= 0.6 is 12.4 Å². The van der Waals surface area contributed by atoms with Crippen LogP contribution in [-0.4, -0.2) is 18.3 Å². The molecule has 3 heteroatoms. The molecule has 0 atom stereocenters. The first-order valence-electron chi connectivity index (χ1n) is 3.75. The first-order chi connectivity index (χ1) is 4.83. The molecule has 0 aromatic carbocycles. The predicted molar refractivity (Wildman–Crippen MR) is 53.1 cm³/mol. The van der Waals surface area contributed by atoms with Crippen molar-refractivity contribution in [3.05, 3.63) is 12.2 Å². The zero-order chi connectivity index (χ0) is 8.24. The van der Waals surface area contributed by atoms with E-state index in [-0.39, 0.29) is 19.0 Å². The third-order valence-electron chi connectivity index (χ3n) is 0.899. The van der Waals surface area contributed by atoms with E-state index in [1.165, 1.54) is 12.8 Å². The normalized spacial score (nSPS) is 8.36. The molecule has 0 heterocycles. The smallest absolute Gasteiger partial charge is 0.0612 e. The molecule has 3 N–H and O–H groups in total. The molecule has 0 saturated carbocycles. The van der Waals surface area contributed by atoms with Gasteiger partial charge in [-0.25, -0.2) is 0 Å². The molecule has 70 valence electrons. The maximum absolute atomic E-state index is 7.98. The van der Waals surface area contributed by atoms with Crippen molar-refractivity contribution in [2.24, 2.45) is 5.73 Å². The van der Waals surface area contributed by atoms with Crippen LogP contribution in [0.5, 0.6) is 0 Å². The van der Waals surface area contributed by atoms with E-state index in [2.05, 4.69) is 6.92 Å². The van der Waals surface area contributed by atoms with E-state index in [9.17, 15) is 0 Å². The van der Waals surface area contributed by atoms with Crippen LogP contribution in [0.1, 0.15) is 26.7 Å². The Morgan fingerprint density at radius 2 is 2.00 bits per heavy atom. The fourth-order valence-electron chi connectivity index (χ4n) is 0.310. The fraction of sp³-hybridized carbons (Fsp3) is 0.750. The van der Waals surface area contributed by atoms with Gasteiger partial charge in [0.2, 0.25) is 0 Å². The summed E-state index contributed by atoms with van der Waals surface area (Å²) in [6.07, 6.45) is 5.87. The van der Waals surface area contributed by atoms with Gasteiger partial charge in [-0.3, -0.25) is 0 Å². The summed E-state index contributed by atoms with van der Waals surface area (Å²) in [5.41, 5.74) is 5.14. The summed E-state index contributed by atoms with van der Waals surface area (Å²) in [5, 5.41) is 7.98. The second-order valence-corrected chi connectivity index (χ2v) is 1.89. The van der Waals surface area contributed by atoms with Crippen molar-refractivity contribution < 1.29 is 5.11 Å². The number of hydrogen-bond acceptors (Lipinski definition) is 2. The van der Waals surface area contributed by atoms with Crippen LogP contribution in [0.2, 0.25) is 0 Å². The zero-order valence-corrected chi connectivity index (χ0v) is 8.23. The number of hydrogen-bond donors (Lipinski definition) is 2. The summed E-state index contributed by atoms with van der Waals surface area (Å²) in [6, 6.07) is 0. The van der Waals surface area contributed by atoms with Crippen LogP contribution in [0.4, 0.5) is 0 Å².